The van der Waals surface area contributed by atoms with Gasteiger partial charge in [0.05, 0.1) is 33.7 Å². The molecule has 2 aromatic carbocycles. The van der Waals surface area contributed by atoms with Gasteiger partial charge in [-0.15, -0.1) is 0 Å². The molecule has 1 saturated carbocycles. The first-order chi connectivity index (χ1) is 14.0. The number of benzene rings is 2. The highest BCUT2D eigenvalue weighted by molar-refractivity contribution is 6.42. The molecule has 150 valence electrons. The summed E-state index contributed by atoms with van der Waals surface area (Å²) in [4.78, 5) is 25.2. The highest BCUT2D eigenvalue weighted by Crippen LogP contribution is 2.28. The van der Waals surface area contributed by atoms with Gasteiger partial charge in [-0.05, 0) is 37.1 Å². The third-order valence-electron chi connectivity index (χ3n) is 5.17. The van der Waals surface area contributed by atoms with Gasteiger partial charge in [0.15, 0.2) is 0 Å². The van der Waals surface area contributed by atoms with Crippen LogP contribution in [0, 0.1) is 0 Å². The van der Waals surface area contributed by atoms with Gasteiger partial charge in [-0.3, -0.25) is 4.79 Å². The lowest BCUT2D eigenvalue weighted by atomic mass is 10.1. The summed E-state index contributed by atoms with van der Waals surface area (Å²) in [6, 6.07) is 12.0. The normalized spacial score (nSPS) is 14.3. The molecular formula is C21H20Cl2N4O2. The number of anilines is 1. The molecule has 3 aromatic rings. The number of amides is 2. The Kier molecular flexibility index (Phi) is 5.74. The van der Waals surface area contributed by atoms with E-state index in [-0.39, 0.29) is 18.1 Å². The van der Waals surface area contributed by atoms with Crippen LogP contribution in [0.15, 0.2) is 47.3 Å². The van der Waals surface area contributed by atoms with Crippen LogP contribution in [0.2, 0.25) is 10.0 Å². The van der Waals surface area contributed by atoms with E-state index in [0.29, 0.717) is 26.8 Å². The van der Waals surface area contributed by atoms with E-state index in [0.717, 1.165) is 31.1 Å². The molecule has 0 unspecified atom stereocenters. The summed E-state index contributed by atoms with van der Waals surface area (Å²) in [6.07, 6.45) is 4.11. The van der Waals surface area contributed by atoms with Gasteiger partial charge in [-0.25, -0.2) is 9.48 Å². The van der Waals surface area contributed by atoms with E-state index in [1.807, 2.05) is 24.3 Å². The Bertz CT molecular complexity index is 1120. The van der Waals surface area contributed by atoms with E-state index in [1.165, 1.54) is 0 Å². The van der Waals surface area contributed by atoms with Crippen LogP contribution in [0.25, 0.3) is 10.8 Å². The summed E-state index contributed by atoms with van der Waals surface area (Å²) in [7, 11) is 0. The summed E-state index contributed by atoms with van der Waals surface area (Å²) >= 11 is 11.9. The SMILES string of the molecule is O=C(NCc1nn(C2CCCC2)c(=O)c2ccccc12)Nc1ccc(Cl)c(Cl)c1. The monoisotopic (exact) mass is 430 g/mol. The number of carbonyl (C=O) groups excluding carboxylic acids is 1. The minimum atomic E-state index is -0.395. The molecule has 1 aliphatic carbocycles. The average Bonchev–Trinajstić information content (AvgIpc) is 3.25. The largest absolute Gasteiger partial charge is 0.332 e. The van der Waals surface area contributed by atoms with Crippen molar-refractivity contribution in [3.63, 3.8) is 0 Å². The number of aromatic nitrogens is 2. The molecule has 0 spiro atoms. The average molecular weight is 431 g/mol. The highest BCUT2D eigenvalue weighted by Gasteiger charge is 2.21. The minimum absolute atomic E-state index is 0.0727. The predicted octanol–water partition coefficient (Wildman–Crippen LogP) is 5.14. The van der Waals surface area contributed by atoms with Crippen LogP contribution in [0.1, 0.15) is 37.4 Å². The van der Waals surface area contributed by atoms with Crippen molar-refractivity contribution in [2.24, 2.45) is 0 Å². The van der Waals surface area contributed by atoms with E-state index in [9.17, 15) is 9.59 Å². The lowest BCUT2D eigenvalue weighted by Crippen LogP contribution is -2.32. The Hall–Kier alpha value is -2.57. The van der Waals surface area contributed by atoms with Crippen LogP contribution >= 0.6 is 23.2 Å². The van der Waals surface area contributed by atoms with Gasteiger partial charge in [-0.2, -0.15) is 5.10 Å². The Labute approximate surface area is 177 Å². The first-order valence-electron chi connectivity index (χ1n) is 9.53. The van der Waals surface area contributed by atoms with Crippen LogP contribution in [0.3, 0.4) is 0 Å². The number of hydrogen-bond donors (Lipinski definition) is 2. The number of carbonyl (C=O) groups is 1. The summed E-state index contributed by atoms with van der Waals surface area (Å²) < 4.78 is 1.60. The molecule has 8 heteroatoms. The second-order valence-electron chi connectivity index (χ2n) is 7.12. The van der Waals surface area contributed by atoms with Gasteiger partial charge < -0.3 is 10.6 Å². The molecule has 1 heterocycles. The molecule has 0 saturated heterocycles. The Morgan fingerprint density at radius 2 is 1.79 bits per heavy atom. The van der Waals surface area contributed by atoms with Crippen LogP contribution in [-0.4, -0.2) is 15.8 Å². The quantitative estimate of drug-likeness (QED) is 0.601. The smallest absolute Gasteiger partial charge is 0.319 e. The molecule has 1 fully saturated rings. The van der Waals surface area contributed by atoms with Gasteiger partial charge in [0, 0.05) is 11.1 Å². The lowest BCUT2D eigenvalue weighted by molar-refractivity contribution is 0.251. The van der Waals surface area contributed by atoms with Crippen molar-refractivity contribution in [3.05, 3.63) is 68.6 Å². The molecular weight excluding hydrogens is 411 g/mol. The molecule has 2 amide bonds. The molecule has 29 heavy (non-hydrogen) atoms. The summed E-state index contributed by atoms with van der Waals surface area (Å²) in [5.74, 6) is 0. The standard InChI is InChI=1S/C21H20Cl2N4O2/c22-17-10-9-13(11-18(17)23)25-21(29)24-12-19-15-7-3-4-8-16(15)20(28)27(26-19)14-5-1-2-6-14/h3-4,7-11,14H,1-2,5-6,12H2,(H2,24,25,29). The zero-order valence-corrected chi connectivity index (χ0v) is 17.1. The van der Waals surface area contributed by atoms with Crippen molar-refractivity contribution in [3.8, 4) is 0 Å². The number of halogens is 2. The fourth-order valence-corrected chi connectivity index (χ4v) is 4.01. The third kappa shape index (κ3) is 4.23. The number of nitrogens with one attached hydrogen (secondary N) is 2. The van der Waals surface area contributed by atoms with E-state index in [2.05, 4.69) is 15.7 Å². The predicted molar refractivity (Wildman–Crippen MR) is 116 cm³/mol. The van der Waals surface area contributed by atoms with Crippen LogP contribution in [0.5, 0.6) is 0 Å². The fourth-order valence-electron chi connectivity index (χ4n) is 3.71. The zero-order chi connectivity index (χ0) is 20.4. The topological polar surface area (TPSA) is 76.0 Å². The van der Waals surface area contributed by atoms with E-state index in [1.54, 1.807) is 22.9 Å². The maximum atomic E-state index is 12.9. The molecule has 6 nitrogen and oxygen atoms in total. The van der Waals surface area contributed by atoms with Gasteiger partial charge in [-0.1, -0.05) is 54.2 Å². The molecule has 0 aliphatic heterocycles. The van der Waals surface area contributed by atoms with Crippen molar-refractivity contribution in [1.82, 2.24) is 15.1 Å². The molecule has 0 radical (unpaired) electrons. The Morgan fingerprint density at radius 1 is 1.07 bits per heavy atom. The second-order valence-corrected chi connectivity index (χ2v) is 7.93. The van der Waals surface area contributed by atoms with Crippen molar-refractivity contribution in [2.75, 3.05) is 5.32 Å². The van der Waals surface area contributed by atoms with Crippen LogP contribution in [-0.2, 0) is 6.54 Å². The molecule has 1 aliphatic rings. The molecule has 0 atom stereocenters. The van der Waals surface area contributed by atoms with Gasteiger partial charge in [0.2, 0.25) is 0 Å². The van der Waals surface area contributed by atoms with Gasteiger partial charge in [0.25, 0.3) is 5.56 Å². The van der Waals surface area contributed by atoms with Crippen molar-refractivity contribution in [1.29, 1.82) is 0 Å². The zero-order valence-electron chi connectivity index (χ0n) is 15.6. The molecule has 1 aromatic heterocycles. The van der Waals surface area contributed by atoms with Crippen LogP contribution in [0.4, 0.5) is 10.5 Å². The summed E-state index contributed by atoms with van der Waals surface area (Å²) in [5.41, 5.74) is 1.12. The van der Waals surface area contributed by atoms with Crippen LogP contribution < -0.4 is 16.2 Å². The van der Waals surface area contributed by atoms with Crippen molar-refractivity contribution < 1.29 is 4.79 Å². The first-order valence-corrected chi connectivity index (χ1v) is 10.3. The first kappa shape index (κ1) is 19.7. The maximum absolute atomic E-state index is 12.9. The number of urea groups is 1. The Morgan fingerprint density at radius 3 is 2.52 bits per heavy atom. The summed E-state index contributed by atoms with van der Waals surface area (Å²) in [6.45, 7) is 0.195. The number of nitrogens with zero attached hydrogens (tertiary/aromatic N) is 2. The third-order valence-corrected chi connectivity index (χ3v) is 5.91. The number of hydrogen-bond acceptors (Lipinski definition) is 3. The lowest BCUT2D eigenvalue weighted by Gasteiger charge is -2.16. The van der Waals surface area contributed by atoms with E-state index < -0.39 is 6.03 Å². The minimum Gasteiger partial charge on any atom is -0.332 e. The molecule has 0 bridgehead atoms. The molecule has 4 rings (SSSR count). The van der Waals surface area contributed by atoms with Gasteiger partial charge >= 0.3 is 6.03 Å². The molecule has 2 N–H and O–H groups in total. The van der Waals surface area contributed by atoms with E-state index in [4.69, 9.17) is 23.2 Å². The number of fused-ring (bicyclic) bond motifs is 1. The summed E-state index contributed by atoms with van der Waals surface area (Å²) in [5, 5.41) is 12.3. The van der Waals surface area contributed by atoms with E-state index >= 15 is 0 Å². The van der Waals surface area contributed by atoms with Crippen molar-refractivity contribution in [2.45, 2.75) is 38.3 Å². The van der Waals surface area contributed by atoms with Crippen molar-refractivity contribution >= 4 is 45.7 Å². The highest BCUT2D eigenvalue weighted by atomic mass is 35.5. The fraction of sp³-hybridized carbons (Fsp3) is 0.286. The van der Waals surface area contributed by atoms with Gasteiger partial charge in [0.1, 0.15) is 0 Å². The Balaban J connectivity index is 1.56. The maximum Gasteiger partial charge on any atom is 0.319 e. The number of rotatable bonds is 4. The second kappa shape index (κ2) is 8.43.